The van der Waals surface area contributed by atoms with Gasteiger partial charge in [-0.15, -0.1) is 0 Å². The zero-order valence-corrected chi connectivity index (χ0v) is 14.2. The topological polar surface area (TPSA) is 18.5 Å². The minimum Gasteiger partial charge on any atom is -0.461 e. The van der Waals surface area contributed by atoms with Crippen molar-refractivity contribution in [3.63, 3.8) is 0 Å². The molecule has 0 spiro atoms. The fraction of sp³-hybridized carbons (Fsp3) is 0.833. The van der Waals surface area contributed by atoms with Crippen molar-refractivity contribution in [1.29, 1.82) is 0 Å². The lowest BCUT2D eigenvalue weighted by Crippen LogP contribution is -2.29. The van der Waals surface area contributed by atoms with Crippen LogP contribution in [-0.2, 0) is 8.85 Å². The second-order valence-corrected chi connectivity index (χ2v) is 12.1. The van der Waals surface area contributed by atoms with Gasteiger partial charge in [0.2, 0.25) is 0 Å². The molecule has 0 rings (SSSR count). The lowest BCUT2D eigenvalue weighted by molar-refractivity contribution is 0.0502. The average Bonchev–Trinajstić information content (AvgIpc) is 2.11. The summed E-state index contributed by atoms with van der Waals surface area (Å²) in [6.45, 7) is 17.7. The largest absolute Gasteiger partial charge is 0.461 e. The van der Waals surface area contributed by atoms with E-state index in [1.165, 1.54) is 6.04 Å². The molecular weight excluding hydrogens is 232 g/mol. The molecule has 0 saturated carbocycles. The normalized spacial score (nSPS) is 16.6. The van der Waals surface area contributed by atoms with E-state index in [4.69, 9.17) is 8.85 Å². The Bertz CT molecular complexity index is 212. The minimum atomic E-state index is -1.29. The first-order valence-corrected chi connectivity index (χ1v) is 11.1. The number of ether oxygens (including phenoxy) is 1. The second kappa shape index (κ2) is 7.43. The Kier molecular flexibility index (Phi) is 7.47. The molecule has 0 aromatic rings. The standard InChI is InChI=1S/C12H28O2Si2/c1-10(2)8-13-12(4)11(3)9-15-14-16(5,6)7/h11-12H,1,8-9,15H2,2-7H3. The molecule has 0 aromatic heterocycles. The third kappa shape index (κ3) is 9.33. The molecule has 2 atom stereocenters. The lowest BCUT2D eigenvalue weighted by atomic mass is 10.1. The van der Waals surface area contributed by atoms with Crippen LogP contribution in [0.3, 0.4) is 0 Å². The van der Waals surface area contributed by atoms with Gasteiger partial charge < -0.3 is 8.85 Å². The fourth-order valence-corrected chi connectivity index (χ4v) is 4.99. The number of hydrogen-bond acceptors (Lipinski definition) is 2. The summed E-state index contributed by atoms with van der Waals surface area (Å²) in [5.74, 6) is 0.599. The fourth-order valence-electron chi connectivity index (χ4n) is 1.22. The zero-order chi connectivity index (χ0) is 12.8. The van der Waals surface area contributed by atoms with Gasteiger partial charge in [0, 0.05) is 0 Å². The SMILES string of the molecule is C=C(C)COC(C)C(C)C[SiH2]O[Si](C)(C)C. The molecule has 2 unspecified atom stereocenters. The van der Waals surface area contributed by atoms with Gasteiger partial charge in [-0.05, 0) is 45.5 Å². The smallest absolute Gasteiger partial charge is 0.169 e. The highest BCUT2D eigenvalue weighted by Gasteiger charge is 2.17. The summed E-state index contributed by atoms with van der Waals surface area (Å²) in [4.78, 5) is 0. The third-order valence-corrected chi connectivity index (χ3v) is 7.93. The van der Waals surface area contributed by atoms with Crippen LogP contribution in [-0.4, -0.2) is 30.8 Å². The van der Waals surface area contributed by atoms with Crippen molar-refractivity contribution in [2.45, 2.75) is 52.6 Å². The Morgan fingerprint density at radius 1 is 1.31 bits per heavy atom. The van der Waals surface area contributed by atoms with Crippen molar-refractivity contribution in [3.8, 4) is 0 Å². The second-order valence-electron chi connectivity index (χ2n) is 5.70. The van der Waals surface area contributed by atoms with E-state index in [1.54, 1.807) is 0 Å². The number of rotatable bonds is 8. The van der Waals surface area contributed by atoms with Crippen molar-refractivity contribution >= 4 is 18.1 Å². The Morgan fingerprint density at radius 2 is 1.88 bits per heavy atom. The van der Waals surface area contributed by atoms with E-state index in [-0.39, 0.29) is 9.76 Å². The van der Waals surface area contributed by atoms with Gasteiger partial charge in [-0.3, -0.25) is 0 Å². The highest BCUT2D eigenvalue weighted by atomic mass is 28.4. The Morgan fingerprint density at radius 3 is 2.31 bits per heavy atom. The maximum atomic E-state index is 5.98. The van der Waals surface area contributed by atoms with E-state index < -0.39 is 8.32 Å². The van der Waals surface area contributed by atoms with Crippen LogP contribution in [0.25, 0.3) is 0 Å². The molecule has 16 heavy (non-hydrogen) atoms. The van der Waals surface area contributed by atoms with Gasteiger partial charge in [0.15, 0.2) is 8.32 Å². The van der Waals surface area contributed by atoms with Crippen LogP contribution >= 0.6 is 0 Å². The Hall–Kier alpha value is 0.0938. The minimum absolute atomic E-state index is 0.314. The maximum absolute atomic E-state index is 5.98. The van der Waals surface area contributed by atoms with Gasteiger partial charge in [-0.25, -0.2) is 0 Å². The molecule has 0 radical (unpaired) electrons. The first kappa shape index (κ1) is 16.1. The molecule has 4 heteroatoms. The van der Waals surface area contributed by atoms with Crippen LogP contribution in [0.4, 0.5) is 0 Å². The Labute approximate surface area is 104 Å². The van der Waals surface area contributed by atoms with Crippen LogP contribution < -0.4 is 0 Å². The van der Waals surface area contributed by atoms with Crippen molar-refractivity contribution in [2.75, 3.05) is 6.61 Å². The molecule has 0 aliphatic heterocycles. The first-order valence-electron chi connectivity index (χ1n) is 6.12. The Balaban J connectivity index is 3.70. The van der Waals surface area contributed by atoms with Crippen LogP contribution in [0.15, 0.2) is 12.2 Å². The molecule has 0 saturated heterocycles. The summed E-state index contributed by atoms with van der Waals surface area (Å²) in [5.41, 5.74) is 1.09. The molecule has 0 amide bonds. The van der Waals surface area contributed by atoms with E-state index in [2.05, 4.69) is 40.1 Å². The molecule has 0 aliphatic carbocycles. The molecule has 0 fully saturated rings. The van der Waals surface area contributed by atoms with Crippen molar-refractivity contribution in [2.24, 2.45) is 5.92 Å². The van der Waals surface area contributed by atoms with E-state index in [9.17, 15) is 0 Å². The van der Waals surface area contributed by atoms with Gasteiger partial charge in [0.1, 0.15) is 9.76 Å². The molecular formula is C12H28O2Si2. The maximum Gasteiger partial charge on any atom is 0.169 e. The molecule has 0 N–H and O–H groups in total. The molecule has 0 bridgehead atoms. The van der Waals surface area contributed by atoms with E-state index in [0.29, 0.717) is 18.6 Å². The van der Waals surface area contributed by atoms with Gasteiger partial charge in [0.05, 0.1) is 12.7 Å². The molecule has 2 nitrogen and oxygen atoms in total. The van der Waals surface area contributed by atoms with Crippen LogP contribution in [0.1, 0.15) is 20.8 Å². The van der Waals surface area contributed by atoms with Gasteiger partial charge >= 0.3 is 0 Å². The summed E-state index contributed by atoms with van der Waals surface area (Å²) in [7, 11) is -1.65. The van der Waals surface area contributed by atoms with E-state index in [1.807, 2.05) is 6.92 Å². The molecule has 96 valence electrons. The summed E-state index contributed by atoms with van der Waals surface area (Å²) < 4.78 is 11.7. The van der Waals surface area contributed by atoms with Crippen LogP contribution in [0.2, 0.25) is 25.7 Å². The first-order chi connectivity index (χ1) is 7.22. The van der Waals surface area contributed by atoms with Crippen molar-refractivity contribution in [1.82, 2.24) is 0 Å². The number of hydrogen-bond donors (Lipinski definition) is 0. The summed E-state index contributed by atoms with van der Waals surface area (Å²) >= 11 is 0. The lowest BCUT2D eigenvalue weighted by Gasteiger charge is -2.23. The quantitative estimate of drug-likeness (QED) is 0.493. The summed E-state index contributed by atoms with van der Waals surface area (Å²) in [6, 6.07) is 1.21. The highest BCUT2D eigenvalue weighted by molar-refractivity contribution is 6.73. The van der Waals surface area contributed by atoms with Gasteiger partial charge in [0.25, 0.3) is 0 Å². The monoisotopic (exact) mass is 260 g/mol. The zero-order valence-electron chi connectivity index (χ0n) is 11.8. The predicted molar refractivity (Wildman–Crippen MR) is 77.2 cm³/mol. The van der Waals surface area contributed by atoms with E-state index >= 15 is 0 Å². The van der Waals surface area contributed by atoms with Crippen molar-refractivity contribution < 1.29 is 8.85 Å². The van der Waals surface area contributed by atoms with Crippen LogP contribution in [0.5, 0.6) is 0 Å². The van der Waals surface area contributed by atoms with Gasteiger partial charge in [-0.1, -0.05) is 19.1 Å². The predicted octanol–water partition coefficient (Wildman–Crippen LogP) is 2.96. The highest BCUT2D eigenvalue weighted by Crippen LogP contribution is 2.14. The molecule has 0 aliphatic rings. The molecule has 0 aromatic carbocycles. The molecule has 0 heterocycles. The summed E-state index contributed by atoms with van der Waals surface area (Å²) in [5, 5.41) is 0. The van der Waals surface area contributed by atoms with E-state index in [0.717, 1.165) is 5.57 Å². The van der Waals surface area contributed by atoms with Crippen LogP contribution in [0, 0.1) is 5.92 Å². The van der Waals surface area contributed by atoms with Crippen molar-refractivity contribution in [3.05, 3.63) is 12.2 Å². The summed E-state index contributed by atoms with van der Waals surface area (Å²) in [6.07, 6.45) is 0.314. The third-order valence-electron chi connectivity index (χ3n) is 2.50. The van der Waals surface area contributed by atoms with Gasteiger partial charge in [-0.2, -0.15) is 0 Å². The average molecular weight is 261 g/mol.